The zero-order chi connectivity index (χ0) is 15.2. The number of aromatic nitrogens is 3. The monoisotopic (exact) mass is 297 g/mol. The van der Waals surface area contributed by atoms with Gasteiger partial charge in [0.05, 0.1) is 6.20 Å². The van der Waals surface area contributed by atoms with Crippen molar-refractivity contribution in [3.8, 4) is 0 Å². The second kappa shape index (κ2) is 7.20. The van der Waals surface area contributed by atoms with Gasteiger partial charge in [0.25, 0.3) is 0 Å². The molecule has 2 heterocycles. The number of hydrogen-bond acceptors (Lipinski definition) is 5. The maximum atomic E-state index is 4.60. The molecule has 3 rings (SSSR count). The molecule has 2 aromatic rings. The minimum Gasteiger partial charge on any atom is -0.368 e. The first-order valence-electron chi connectivity index (χ1n) is 8.04. The van der Waals surface area contributed by atoms with Gasteiger partial charge in [-0.2, -0.15) is 10.1 Å². The largest absolute Gasteiger partial charge is 0.368 e. The fraction of sp³-hybridized carbons (Fsp3) is 0.471. The normalized spacial score (nSPS) is 18.2. The van der Waals surface area contributed by atoms with Gasteiger partial charge in [-0.3, -0.25) is 0 Å². The summed E-state index contributed by atoms with van der Waals surface area (Å²) in [6.07, 6.45) is 5.16. The molecule has 1 N–H and O–H groups in total. The van der Waals surface area contributed by atoms with Gasteiger partial charge in [-0.1, -0.05) is 37.3 Å². The van der Waals surface area contributed by atoms with Crippen LogP contribution >= 0.6 is 0 Å². The highest BCUT2D eigenvalue weighted by Crippen LogP contribution is 2.19. The van der Waals surface area contributed by atoms with E-state index in [0.717, 1.165) is 37.8 Å². The van der Waals surface area contributed by atoms with Crippen LogP contribution in [0.1, 0.15) is 25.3 Å². The molecule has 5 nitrogen and oxygen atoms in total. The van der Waals surface area contributed by atoms with Crippen molar-refractivity contribution in [1.29, 1.82) is 0 Å². The number of anilines is 2. The maximum Gasteiger partial charge on any atom is 0.247 e. The quantitative estimate of drug-likeness (QED) is 0.919. The van der Waals surface area contributed by atoms with Gasteiger partial charge < -0.3 is 10.2 Å². The Morgan fingerprint density at radius 1 is 1.27 bits per heavy atom. The predicted molar refractivity (Wildman–Crippen MR) is 89.1 cm³/mol. The van der Waals surface area contributed by atoms with Crippen LogP contribution in [0, 0.1) is 5.92 Å². The number of hydrogen-bond donors (Lipinski definition) is 1. The number of piperidine rings is 1. The fourth-order valence-electron chi connectivity index (χ4n) is 2.86. The molecule has 0 aliphatic carbocycles. The molecule has 1 aliphatic heterocycles. The average Bonchev–Trinajstić information content (AvgIpc) is 2.56. The van der Waals surface area contributed by atoms with Gasteiger partial charge in [-0.25, -0.2) is 0 Å². The highest BCUT2D eigenvalue weighted by molar-refractivity contribution is 5.39. The van der Waals surface area contributed by atoms with Crippen LogP contribution < -0.4 is 10.2 Å². The molecular formula is C17H23N5. The van der Waals surface area contributed by atoms with E-state index in [1.54, 1.807) is 6.20 Å². The summed E-state index contributed by atoms with van der Waals surface area (Å²) in [5.74, 6) is 2.25. The third-order valence-electron chi connectivity index (χ3n) is 4.05. The van der Waals surface area contributed by atoms with E-state index in [4.69, 9.17) is 0 Å². The zero-order valence-corrected chi connectivity index (χ0v) is 13.1. The summed E-state index contributed by atoms with van der Waals surface area (Å²) in [5, 5.41) is 11.6. The van der Waals surface area contributed by atoms with E-state index in [1.165, 1.54) is 18.4 Å². The second-order valence-electron chi connectivity index (χ2n) is 6.00. The van der Waals surface area contributed by atoms with Crippen LogP contribution in [0.5, 0.6) is 0 Å². The van der Waals surface area contributed by atoms with Crippen molar-refractivity contribution in [2.75, 3.05) is 29.9 Å². The van der Waals surface area contributed by atoms with E-state index in [0.29, 0.717) is 5.92 Å². The molecule has 5 heteroatoms. The van der Waals surface area contributed by atoms with Crippen molar-refractivity contribution < 1.29 is 0 Å². The molecular weight excluding hydrogens is 274 g/mol. The van der Waals surface area contributed by atoms with Gasteiger partial charge in [-0.05, 0) is 30.7 Å². The Labute approximate surface area is 131 Å². The van der Waals surface area contributed by atoms with Gasteiger partial charge in [0.15, 0.2) is 5.82 Å². The van der Waals surface area contributed by atoms with Crippen LogP contribution in [0.4, 0.5) is 11.8 Å². The molecule has 1 saturated heterocycles. The molecule has 116 valence electrons. The molecule has 22 heavy (non-hydrogen) atoms. The van der Waals surface area contributed by atoms with Crippen molar-refractivity contribution in [3.05, 3.63) is 42.1 Å². The highest BCUT2D eigenvalue weighted by Gasteiger charge is 2.19. The molecule has 1 unspecified atom stereocenters. The Hall–Kier alpha value is -2.17. The summed E-state index contributed by atoms with van der Waals surface area (Å²) in [4.78, 5) is 6.84. The van der Waals surface area contributed by atoms with E-state index >= 15 is 0 Å². The van der Waals surface area contributed by atoms with E-state index in [1.807, 2.05) is 6.07 Å². The number of nitrogens with one attached hydrogen (secondary N) is 1. The summed E-state index contributed by atoms with van der Waals surface area (Å²) in [7, 11) is 0. The summed E-state index contributed by atoms with van der Waals surface area (Å²) in [5.41, 5.74) is 1.32. The van der Waals surface area contributed by atoms with Crippen molar-refractivity contribution in [3.63, 3.8) is 0 Å². The van der Waals surface area contributed by atoms with Crippen molar-refractivity contribution in [1.82, 2.24) is 15.2 Å². The Kier molecular flexibility index (Phi) is 4.83. The lowest BCUT2D eigenvalue weighted by atomic mass is 10.0. The zero-order valence-electron chi connectivity index (χ0n) is 13.1. The Morgan fingerprint density at radius 3 is 2.95 bits per heavy atom. The molecule has 1 aromatic carbocycles. The number of rotatable bonds is 5. The first-order valence-corrected chi connectivity index (χ1v) is 8.04. The van der Waals surface area contributed by atoms with Crippen molar-refractivity contribution in [2.24, 2.45) is 5.92 Å². The summed E-state index contributed by atoms with van der Waals surface area (Å²) < 4.78 is 0. The third kappa shape index (κ3) is 3.93. The van der Waals surface area contributed by atoms with Crippen LogP contribution in [0.25, 0.3) is 0 Å². The molecule has 0 bridgehead atoms. The van der Waals surface area contributed by atoms with Crippen LogP contribution in [0.2, 0.25) is 0 Å². The number of nitrogens with zero attached hydrogens (tertiary/aromatic N) is 4. The Bertz CT molecular complexity index is 587. The van der Waals surface area contributed by atoms with E-state index in [2.05, 4.69) is 56.6 Å². The van der Waals surface area contributed by atoms with E-state index in [-0.39, 0.29) is 0 Å². The van der Waals surface area contributed by atoms with Crippen LogP contribution in [-0.2, 0) is 6.42 Å². The van der Waals surface area contributed by atoms with Crippen LogP contribution in [0.15, 0.2) is 36.5 Å². The number of benzene rings is 1. The molecule has 1 aliphatic rings. The smallest absolute Gasteiger partial charge is 0.247 e. The SMILES string of the molecule is CC1CCCN(c2nncc(NCCc3ccccc3)n2)C1. The standard InChI is InChI=1S/C17H23N5/c1-14-6-5-11-22(13-14)17-20-16(12-19-21-17)18-10-9-15-7-3-2-4-8-15/h2-4,7-8,12,14H,5-6,9-11,13H2,1H3,(H,18,20,21). The minimum absolute atomic E-state index is 0.701. The molecule has 0 amide bonds. The summed E-state index contributed by atoms with van der Waals surface area (Å²) in [6.45, 7) is 5.18. The Balaban J connectivity index is 1.57. The van der Waals surface area contributed by atoms with Gasteiger partial charge in [-0.15, -0.1) is 5.10 Å². The van der Waals surface area contributed by atoms with Gasteiger partial charge >= 0.3 is 0 Å². The van der Waals surface area contributed by atoms with Gasteiger partial charge in [0.1, 0.15) is 0 Å². The predicted octanol–water partition coefficient (Wildman–Crippen LogP) is 2.76. The molecule has 0 spiro atoms. The maximum absolute atomic E-state index is 4.60. The van der Waals surface area contributed by atoms with Gasteiger partial charge in [0, 0.05) is 19.6 Å². The molecule has 0 radical (unpaired) electrons. The average molecular weight is 297 g/mol. The lowest BCUT2D eigenvalue weighted by Gasteiger charge is -2.30. The van der Waals surface area contributed by atoms with Crippen LogP contribution in [0.3, 0.4) is 0 Å². The van der Waals surface area contributed by atoms with Crippen molar-refractivity contribution >= 4 is 11.8 Å². The molecule has 0 saturated carbocycles. The Morgan fingerprint density at radius 2 is 2.14 bits per heavy atom. The second-order valence-corrected chi connectivity index (χ2v) is 6.00. The van der Waals surface area contributed by atoms with Crippen molar-refractivity contribution in [2.45, 2.75) is 26.2 Å². The molecule has 1 atom stereocenters. The fourth-order valence-corrected chi connectivity index (χ4v) is 2.86. The third-order valence-corrected chi connectivity index (χ3v) is 4.05. The summed E-state index contributed by atoms with van der Waals surface area (Å²) in [6, 6.07) is 10.5. The lowest BCUT2D eigenvalue weighted by molar-refractivity contribution is 0.441. The van der Waals surface area contributed by atoms with Crippen LogP contribution in [-0.4, -0.2) is 34.8 Å². The molecule has 1 fully saturated rings. The van der Waals surface area contributed by atoms with E-state index < -0.39 is 0 Å². The summed E-state index contributed by atoms with van der Waals surface area (Å²) >= 11 is 0. The van der Waals surface area contributed by atoms with E-state index in [9.17, 15) is 0 Å². The topological polar surface area (TPSA) is 53.9 Å². The first kappa shape index (κ1) is 14.8. The highest BCUT2D eigenvalue weighted by atomic mass is 15.3. The first-order chi connectivity index (χ1) is 10.8. The van der Waals surface area contributed by atoms with Gasteiger partial charge in [0.2, 0.25) is 5.95 Å². The minimum atomic E-state index is 0.701. The lowest BCUT2D eigenvalue weighted by Crippen LogP contribution is -2.35. The molecule has 1 aromatic heterocycles.